The maximum Gasteiger partial charge on any atom is 0.248 e. The van der Waals surface area contributed by atoms with Crippen LogP contribution < -0.4 is 0 Å². The molecule has 2 aromatic rings. The van der Waals surface area contributed by atoms with E-state index >= 15 is 0 Å². The van der Waals surface area contributed by atoms with E-state index in [4.69, 9.17) is 4.52 Å². The van der Waals surface area contributed by atoms with Crippen LogP contribution in [0.25, 0.3) is 0 Å². The van der Waals surface area contributed by atoms with Crippen LogP contribution >= 0.6 is 0 Å². The minimum atomic E-state index is -3.71. The molecule has 0 aromatic carbocycles. The van der Waals surface area contributed by atoms with Gasteiger partial charge in [-0.3, -0.25) is 9.48 Å². The summed E-state index contributed by atoms with van der Waals surface area (Å²) in [7, 11) is -1.83. The zero-order valence-corrected chi connectivity index (χ0v) is 18.7. The zero-order chi connectivity index (χ0) is 21.5. The van der Waals surface area contributed by atoms with Gasteiger partial charge < -0.3 is 9.42 Å². The van der Waals surface area contributed by atoms with Crippen LogP contribution in [0.5, 0.6) is 0 Å². The monoisotopic (exact) mass is 435 g/mol. The second-order valence-electron chi connectivity index (χ2n) is 8.18. The molecule has 2 aromatic heterocycles. The molecule has 0 unspecified atom stereocenters. The van der Waals surface area contributed by atoms with Crippen molar-refractivity contribution in [3.63, 3.8) is 0 Å². The molecule has 1 fully saturated rings. The molecule has 30 heavy (non-hydrogen) atoms. The molecule has 9 nitrogen and oxygen atoms in total. The standard InChI is InChI=1S/C20H29N5O4S/c1-14-20(15(2)29-22-14)30(27,28)25-12-9-18-16(13-25)17(21-23(18)3)7-8-19(26)24-10-5-4-6-11-24/h4-13H2,1-3H3. The van der Waals surface area contributed by atoms with Crippen LogP contribution in [0.2, 0.25) is 0 Å². The van der Waals surface area contributed by atoms with Crippen molar-refractivity contribution in [2.45, 2.75) is 63.8 Å². The number of hydrogen-bond acceptors (Lipinski definition) is 6. The van der Waals surface area contributed by atoms with Crippen LogP contribution in [-0.2, 0) is 41.3 Å². The van der Waals surface area contributed by atoms with Crippen LogP contribution in [0, 0.1) is 13.8 Å². The van der Waals surface area contributed by atoms with Gasteiger partial charge in [0.05, 0.1) is 5.69 Å². The molecule has 0 saturated carbocycles. The van der Waals surface area contributed by atoms with Gasteiger partial charge in [0, 0.05) is 63.7 Å². The van der Waals surface area contributed by atoms with E-state index in [9.17, 15) is 13.2 Å². The fourth-order valence-electron chi connectivity index (χ4n) is 4.55. The quantitative estimate of drug-likeness (QED) is 0.709. The largest absolute Gasteiger partial charge is 0.360 e. The van der Waals surface area contributed by atoms with Crippen molar-refractivity contribution < 1.29 is 17.7 Å². The van der Waals surface area contributed by atoms with Crippen molar-refractivity contribution in [2.75, 3.05) is 19.6 Å². The van der Waals surface area contributed by atoms with Gasteiger partial charge in [0.1, 0.15) is 10.6 Å². The minimum Gasteiger partial charge on any atom is -0.360 e. The molecular formula is C20H29N5O4S. The molecule has 2 aliphatic heterocycles. The van der Waals surface area contributed by atoms with Gasteiger partial charge in [-0.1, -0.05) is 5.16 Å². The highest BCUT2D eigenvalue weighted by Gasteiger charge is 2.35. The van der Waals surface area contributed by atoms with E-state index in [1.165, 1.54) is 10.7 Å². The molecule has 2 aliphatic rings. The fourth-order valence-corrected chi connectivity index (χ4v) is 6.25. The number of rotatable bonds is 5. The number of piperidine rings is 1. The average Bonchev–Trinajstić information content (AvgIpc) is 3.25. The molecule has 10 heteroatoms. The van der Waals surface area contributed by atoms with E-state index in [-0.39, 0.29) is 17.3 Å². The Morgan fingerprint density at radius 1 is 1.13 bits per heavy atom. The number of likely N-dealkylation sites (tertiary alicyclic amines) is 1. The van der Waals surface area contributed by atoms with Gasteiger partial charge in [-0.2, -0.15) is 9.40 Å². The number of aromatic nitrogens is 3. The summed E-state index contributed by atoms with van der Waals surface area (Å²) in [6, 6.07) is 0. The van der Waals surface area contributed by atoms with Crippen molar-refractivity contribution >= 4 is 15.9 Å². The Bertz CT molecular complexity index is 1030. The maximum absolute atomic E-state index is 13.2. The molecule has 1 amide bonds. The molecule has 0 aliphatic carbocycles. The molecule has 0 atom stereocenters. The normalized spacial score (nSPS) is 17.9. The predicted octanol–water partition coefficient (Wildman–Crippen LogP) is 1.72. The first-order valence-corrected chi connectivity index (χ1v) is 12.0. The molecule has 0 spiro atoms. The van der Waals surface area contributed by atoms with Gasteiger partial charge in [-0.05, 0) is 33.1 Å². The lowest BCUT2D eigenvalue weighted by Gasteiger charge is -2.27. The van der Waals surface area contributed by atoms with Gasteiger partial charge in [0.25, 0.3) is 0 Å². The zero-order valence-electron chi connectivity index (χ0n) is 17.8. The number of amides is 1. The van der Waals surface area contributed by atoms with Gasteiger partial charge in [0.2, 0.25) is 15.9 Å². The Kier molecular flexibility index (Phi) is 5.71. The molecule has 164 valence electrons. The smallest absolute Gasteiger partial charge is 0.248 e. The summed E-state index contributed by atoms with van der Waals surface area (Å²) in [6.07, 6.45) is 4.84. The first kappa shape index (κ1) is 21.0. The number of nitrogens with zero attached hydrogens (tertiary/aromatic N) is 5. The van der Waals surface area contributed by atoms with Gasteiger partial charge in [-0.15, -0.1) is 0 Å². The summed E-state index contributed by atoms with van der Waals surface area (Å²) in [5.74, 6) is 0.460. The second kappa shape index (κ2) is 8.14. The lowest BCUT2D eigenvalue weighted by Crippen LogP contribution is -2.37. The van der Waals surface area contributed by atoms with Gasteiger partial charge in [0.15, 0.2) is 5.76 Å². The Labute approximate surface area is 177 Å². The first-order valence-electron chi connectivity index (χ1n) is 10.5. The third kappa shape index (κ3) is 3.78. The van der Waals surface area contributed by atoms with Crippen LogP contribution in [0.3, 0.4) is 0 Å². The summed E-state index contributed by atoms with van der Waals surface area (Å²) in [4.78, 5) is 14.7. The first-order chi connectivity index (χ1) is 14.3. The lowest BCUT2D eigenvalue weighted by atomic mass is 10.0. The average molecular weight is 436 g/mol. The third-order valence-corrected chi connectivity index (χ3v) is 8.23. The summed E-state index contributed by atoms with van der Waals surface area (Å²) < 4.78 is 34.8. The number of aryl methyl sites for hydroxylation is 4. The summed E-state index contributed by atoms with van der Waals surface area (Å²) in [6.45, 7) is 5.56. The van der Waals surface area contributed by atoms with Crippen LogP contribution in [0.4, 0.5) is 0 Å². The van der Waals surface area contributed by atoms with Crippen molar-refractivity contribution in [2.24, 2.45) is 7.05 Å². The summed E-state index contributed by atoms with van der Waals surface area (Å²) in [5, 5.41) is 8.41. The van der Waals surface area contributed by atoms with E-state index in [0.717, 1.165) is 42.9 Å². The summed E-state index contributed by atoms with van der Waals surface area (Å²) >= 11 is 0. The highest BCUT2D eigenvalue weighted by Crippen LogP contribution is 2.30. The SMILES string of the molecule is Cc1noc(C)c1S(=O)(=O)N1CCc2c(c(CCC(=O)N3CCCCC3)nn2C)C1. The van der Waals surface area contributed by atoms with Crippen LogP contribution in [-0.4, -0.2) is 58.1 Å². The summed E-state index contributed by atoms with van der Waals surface area (Å²) in [5.41, 5.74) is 3.15. The van der Waals surface area contributed by atoms with Crippen molar-refractivity contribution in [1.82, 2.24) is 24.1 Å². The molecular weight excluding hydrogens is 406 g/mol. The molecule has 4 heterocycles. The Balaban J connectivity index is 1.52. The molecule has 0 radical (unpaired) electrons. The van der Waals surface area contributed by atoms with Gasteiger partial charge >= 0.3 is 0 Å². The third-order valence-electron chi connectivity index (χ3n) is 6.14. The predicted molar refractivity (Wildman–Crippen MR) is 109 cm³/mol. The number of fused-ring (bicyclic) bond motifs is 1. The number of carbonyl (C=O) groups excluding carboxylic acids is 1. The molecule has 0 bridgehead atoms. The van der Waals surface area contributed by atoms with E-state index in [2.05, 4.69) is 10.3 Å². The van der Waals surface area contributed by atoms with Gasteiger partial charge in [-0.25, -0.2) is 8.42 Å². The van der Waals surface area contributed by atoms with Crippen molar-refractivity contribution in [3.8, 4) is 0 Å². The molecule has 4 rings (SSSR count). The van der Waals surface area contributed by atoms with E-state index < -0.39 is 10.0 Å². The highest BCUT2D eigenvalue weighted by molar-refractivity contribution is 7.89. The van der Waals surface area contributed by atoms with Crippen LogP contribution in [0.1, 0.15) is 54.1 Å². The topological polar surface area (TPSA) is 102 Å². The number of carbonyl (C=O) groups is 1. The molecule has 1 saturated heterocycles. The number of sulfonamides is 1. The Morgan fingerprint density at radius 3 is 2.53 bits per heavy atom. The second-order valence-corrected chi connectivity index (χ2v) is 10.1. The van der Waals surface area contributed by atoms with E-state index in [0.29, 0.717) is 37.3 Å². The fraction of sp³-hybridized carbons (Fsp3) is 0.650. The van der Waals surface area contributed by atoms with E-state index in [1.54, 1.807) is 13.8 Å². The van der Waals surface area contributed by atoms with E-state index in [1.807, 2.05) is 16.6 Å². The Morgan fingerprint density at radius 2 is 1.87 bits per heavy atom. The minimum absolute atomic E-state index is 0.150. The number of hydrogen-bond donors (Lipinski definition) is 0. The van der Waals surface area contributed by atoms with Crippen LogP contribution in [0.15, 0.2) is 9.42 Å². The lowest BCUT2D eigenvalue weighted by molar-refractivity contribution is -0.132. The van der Waals surface area contributed by atoms with Crippen molar-refractivity contribution in [1.29, 1.82) is 0 Å². The maximum atomic E-state index is 13.2. The highest BCUT2D eigenvalue weighted by atomic mass is 32.2. The Hall–Kier alpha value is -2.20. The molecule has 0 N–H and O–H groups in total. The van der Waals surface area contributed by atoms with Crippen molar-refractivity contribution in [3.05, 3.63) is 28.4 Å².